The number of hydrogen-bond acceptors (Lipinski definition) is 2. The molecule has 1 rings (SSSR count). The molecule has 1 aromatic rings. The van der Waals surface area contributed by atoms with Crippen molar-refractivity contribution in [3.63, 3.8) is 0 Å². The van der Waals surface area contributed by atoms with E-state index >= 15 is 0 Å². The molecule has 0 aromatic carbocycles. The average molecular weight is 135 g/mol. The molecule has 9 heavy (non-hydrogen) atoms. The van der Waals surface area contributed by atoms with Crippen LogP contribution in [0.4, 0.5) is 0 Å². The molecule has 2 heteroatoms. The van der Waals surface area contributed by atoms with Crippen LogP contribution < -0.4 is 0 Å². The van der Waals surface area contributed by atoms with Gasteiger partial charge in [0, 0.05) is 17.3 Å². The second kappa shape index (κ2) is 3.16. The first-order valence-corrected chi connectivity index (χ1v) is 3.27. The van der Waals surface area contributed by atoms with Gasteiger partial charge in [-0.25, -0.2) is 0 Å². The minimum absolute atomic E-state index is 1.06. The van der Waals surface area contributed by atoms with Crippen molar-refractivity contribution in [1.82, 2.24) is 4.98 Å². The van der Waals surface area contributed by atoms with E-state index in [-0.39, 0.29) is 0 Å². The Balaban J connectivity index is 2.76. The number of hydrogen-bond donors (Lipinski definition) is 0. The third-order valence-electron chi connectivity index (χ3n) is 0.827. The Labute approximate surface area is 58.5 Å². The van der Waals surface area contributed by atoms with E-state index < -0.39 is 0 Å². The van der Waals surface area contributed by atoms with E-state index in [2.05, 4.69) is 10.2 Å². The molecular formula is C7H5NS. The Morgan fingerprint density at radius 1 is 1.44 bits per heavy atom. The van der Waals surface area contributed by atoms with Crippen molar-refractivity contribution in [2.24, 2.45) is 0 Å². The molecule has 1 nitrogen and oxygen atoms in total. The number of aromatic nitrogens is 1. The van der Waals surface area contributed by atoms with Gasteiger partial charge in [-0.3, -0.25) is 4.98 Å². The maximum atomic E-state index is 5.05. The summed E-state index contributed by atoms with van der Waals surface area (Å²) in [7, 11) is 0. The molecule has 0 aliphatic carbocycles. The SMILES string of the molecule is C#CSc1ccncc1. The van der Waals surface area contributed by atoms with Gasteiger partial charge in [-0.15, -0.1) is 6.42 Å². The van der Waals surface area contributed by atoms with Crippen molar-refractivity contribution in [3.05, 3.63) is 24.5 Å². The molecule has 1 aromatic heterocycles. The van der Waals surface area contributed by atoms with Crippen LogP contribution in [-0.4, -0.2) is 4.98 Å². The highest BCUT2D eigenvalue weighted by molar-refractivity contribution is 8.03. The highest BCUT2D eigenvalue weighted by Crippen LogP contribution is 2.12. The van der Waals surface area contributed by atoms with Crippen LogP contribution in [0.25, 0.3) is 0 Å². The van der Waals surface area contributed by atoms with Crippen molar-refractivity contribution in [3.8, 4) is 11.7 Å². The molecule has 0 unspecified atom stereocenters. The van der Waals surface area contributed by atoms with Gasteiger partial charge in [0.05, 0.1) is 0 Å². The lowest BCUT2D eigenvalue weighted by Crippen LogP contribution is -1.68. The summed E-state index contributed by atoms with van der Waals surface area (Å²) >= 11 is 1.36. The summed E-state index contributed by atoms with van der Waals surface area (Å²) in [4.78, 5) is 4.91. The molecule has 0 saturated carbocycles. The van der Waals surface area contributed by atoms with Crippen LogP contribution in [0.5, 0.6) is 0 Å². The third kappa shape index (κ3) is 1.79. The van der Waals surface area contributed by atoms with Gasteiger partial charge in [-0.05, 0) is 29.1 Å². The van der Waals surface area contributed by atoms with Crippen LogP contribution >= 0.6 is 11.8 Å². The van der Waals surface area contributed by atoms with Crippen LogP contribution in [-0.2, 0) is 0 Å². The fourth-order valence-corrected chi connectivity index (χ4v) is 0.868. The van der Waals surface area contributed by atoms with Crippen LogP contribution in [0.1, 0.15) is 0 Å². The molecule has 0 amide bonds. The van der Waals surface area contributed by atoms with Gasteiger partial charge in [-0.1, -0.05) is 0 Å². The van der Waals surface area contributed by atoms with Crippen molar-refractivity contribution in [2.45, 2.75) is 4.90 Å². The van der Waals surface area contributed by atoms with Gasteiger partial charge in [0.1, 0.15) is 0 Å². The largest absolute Gasteiger partial charge is 0.265 e. The zero-order valence-electron chi connectivity index (χ0n) is 4.74. The average Bonchev–Trinajstić information content (AvgIpc) is 1.91. The van der Waals surface area contributed by atoms with Crippen LogP contribution in [0.15, 0.2) is 29.4 Å². The quantitative estimate of drug-likeness (QED) is 0.430. The normalized spacial score (nSPS) is 8.33. The summed E-state index contributed by atoms with van der Waals surface area (Å²) in [5.74, 6) is 0. The summed E-state index contributed by atoms with van der Waals surface area (Å²) in [5, 5.41) is 2.47. The maximum absolute atomic E-state index is 5.05. The van der Waals surface area contributed by atoms with Crippen LogP contribution in [0.2, 0.25) is 0 Å². The standard InChI is InChI=1S/C7H5NS/c1-2-9-7-3-5-8-6-4-7/h1,3-6H. The predicted octanol–water partition coefficient (Wildman–Crippen LogP) is 1.76. The Kier molecular flexibility index (Phi) is 2.17. The van der Waals surface area contributed by atoms with Gasteiger partial charge in [0.2, 0.25) is 0 Å². The molecule has 0 radical (unpaired) electrons. The Morgan fingerprint density at radius 2 is 2.11 bits per heavy atom. The molecule has 0 aliphatic rings. The molecule has 1 heterocycles. The molecule has 0 fully saturated rings. The maximum Gasteiger partial charge on any atom is 0.0279 e. The van der Waals surface area contributed by atoms with Crippen molar-refractivity contribution < 1.29 is 0 Å². The second-order valence-corrected chi connectivity index (χ2v) is 2.31. The summed E-state index contributed by atoms with van der Waals surface area (Å²) in [6.07, 6.45) is 8.50. The molecule has 0 N–H and O–H groups in total. The van der Waals surface area contributed by atoms with Crippen molar-refractivity contribution in [2.75, 3.05) is 0 Å². The molecule has 0 saturated heterocycles. The van der Waals surface area contributed by atoms with E-state index in [0.717, 1.165) is 4.90 Å². The van der Waals surface area contributed by atoms with Gasteiger partial charge >= 0.3 is 0 Å². The molecule has 44 valence electrons. The van der Waals surface area contributed by atoms with Crippen molar-refractivity contribution in [1.29, 1.82) is 0 Å². The monoisotopic (exact) mass is 135 g/mol. The smallest absolute Gasteiger partial charge is 0.0279 e. The fourth-order valence-electron chi connectivity index (χ4n) is 0.474. The second-order valence-electron chi connectivity index (χ2n) is 1.40. The lowest BCUT2D eigenvalue weighted by atomic mass is 10.5. The van der Waals surface area contributed by atoms with E-state index in [9.17, 15) is 0 Å². The van der Waals surface area contributed by atoms with E-state index in [1.807, 2.05) is 12.1 Å². The zero-order chi connectivity index (χ0) is 6.53. The molecule has 0 bridgehead atoms. The Morgan fingerprint density at radius 3 is 2.67 bits per heavy atom. The van der Waals surface area contributed by atoms with Crippen molar-refractivity contribution >= 4 is 11.8 Å². The van der Waals surface area contributed by atoms with Crippen LogP contribution in [0.3, 0.4) is 0 Å². The number of terminal acetylenes is 1. The van der Waals surface area contributed by atoms with E-state index in [4.69, 9.17) is 6.42 Å². The van der Waals surface area contributed by atoms with E-state index in [1.54, 1.807) is 12.4 Å². The molecule has 0 aliphatic heterocycles. The Hall–Kier alpha value is -0.940. The Bertz CT molecular complexity index is 212. The third-order valence-corrected chi connectivity index (χ3v) is 1.45. The number of nitrogens with zero attached hydrogens (tertiary/aromatic N) is 1. The summed E-state index contributed by atoms with van der Waals surface area (Å²) in [5.41, 5.74) is 0. The number of thioether (sulfide) groups is 1. The summed E-state index contributed by atoms with van der Waals surface area (Å²) in [6.45, 7) is 0. The number of pyridine rings is 1. The molecular weight excluding hydrogens is 130 g/mol. The lowest BCUT2D eigenvalue weighted by Gasteiger charge is -1.87. The van der Waals surface area contributed by atoms with Gasteiger partial charge < -0.3 is 0 Å². The van der Waals surface area contributed by atoms with E-state index in [0.29, 0.717) is 0 Å². The zero-order valence-corrected chi connectivity index (χ0v) is 5.56. The molecule has 0 atom stereocenters. The topological polar surface area (TPSA) is 12.9 Å². The fraction of sp³-hybridized carbons (Fsp3) is 0. The predicted molar refractivity (Wildman–Crippen MR) is 38.9 cm³/mol. The van der Waals surface area contributed by atoms with Gasteiger partial charge in [0.15, 0.2) is 0 Å². The summed E-state index contributed by atoms with van der Waals surface area (Å²) in [6, 6.07) is 3.76. The minimum Gasteiger partial charge on any atom is -0.265 e. The van der Waals surface area contributed by atoms with Gasteiger partial charge in [-0.2, -0.15) is 0 Å². The van der Waals surface area contributed by atoms with Gasteiger partial charge in [0.25, 0.3) is 0 Å². The minimum atomic E-state index is 1.06. The van der Waals surface area contributed by atoms with E-state index in [1.165, 1.54) is 11.8 Å². The highest BCUT2D eigenvalue weighted by atomic mass is 32.2. The molecule has 0 spiro atoms. The van der Waals surface area contributed by atoms with Crippen LogP contribution in [0, 0.1) is 11.7 Å². The highest BCUT2D eigenvalue weighted by Gasteiger charge is 1.84. The lowest BCUT2D eigenvalue weighted by molar-refractivity contribution is 1.27. The first-order valence-electron chi connectivity index (χ1n) is 2.46. The first-order chi connectivity index (χ1) is 4.43. The summed E-state index contributed by atoms with van der Waals surface area (Å²) < 4.78 is 0. The number of rotatable bonds is 1. The first kappa shape index (κ1) is 6.18.